The first kappa shape index (κ1) is 10.9. The number of aliphatic hydroxyl groups is 1. The fourth-order valence-electron chi connectivity index (χ4n) is 0.878. The lowest BCUT2D eigenvalue weighted by Gasteiger charge is -2.03. The molecule has 0 atom stereocenters. The van der Waals surface area contributed by atoms with Crippen LogP contribution in [-0.4, -0.2) is 28.2 Å². The number of aromatic nitrogens is 1. The van der Waals surface area contributed by atoms with Crippen LogP contribution in [0.3, 0.4) is 0 Å². The minimum absolute atomic E-state index is 0.102. The van der Waals surface area contributed by atoms with Crippen LogP contribution in [-0.2, 0) is 0 Å². The highest BCUT2D eigenvalue weighted by molar-refractivity contribution is 9.10. The molecule has 0 amide bonds. The molecule has 0 aliphatic carbocycles. The van der Waals surface area contributed by atoms with E-state index in [-0.39, 0.29) is 24.7 Å². The predicted octanol–water partition coefficient (Wildman–Crippen LogP) is 1.16. The van der Waals surface area contributed by atoms with Crippen LogP contribution >= 0.6 is 15.9 Å². The van der Waals surface area contributed by atoms with Gasteiger partial charge in [0.2, 0.25) is 5.82 Å². The Morgan fingerprint density at radius 1 is 1.71 bits per heavy atom. The van der Waals surface area contributed by atoms with Gasteiger partial charge in [0.05, 0.1) is 11.5 Å². The molecule has 0 aliphatic heterocycles. The van der Waals surface area contributed by atoms with E-state index in [9.17, 15) is 10.1 Å². The number of pyridine rings is 1. The normalized spacial score (nSPS) is 9.86. The van der Waals surface area contributed by atoms with Crippen molar-refractivity contribution in [3.05, 3.63) is 26.9 Å². The SMILES string of the molecule is O=[N+]([O-])c1cc(Br)cnc1NCCO. The van der Waals surface area contributed by atoms with Crippen LogP contribution in [0.4, 0.5) is 11.5 Å². The fraction of sp³-hybridized carbons (Fsp3) is 0.286. The zero-order valence-electron chi connectivity index (χ0n) is 7.11. The van der Waals surface area contributed by atoms with E-state index in [4.69, 9.17) is 5.11 Å². The second kappa shape index (κ2) is 4.87. The van der Waals surface area contributed by atoms with Gasteiger partial charge in [0.25, 0.3) is 0 Å². The van der Waals surface area contributed by atoms with Gasteiger partial charge in [-0.2, -0.15) is 0 Å². The second-order valence-electron chi connectivity index (χ2n) is 2.43. The molecule has 0 aromatic carbocycles. The van der Waals surface area contributed by atoms with E-state index >= 15 is 0 Å². The zero-order chi connectivity index (χ0) is 10.6. The minimum atomic E-state index is -0.530. The Morgan fingerprint density at radius 2 is 2.43 bits per heavy atom. The summed E-state index contributed by atoms with van der Waals surface area (Å²) >= 11 is 3.09. The molecule has 76 valence electrons. The molecular weight excluding hydrogens is 254 g/mol. The predicted molar refractivity (Wildman–Crippen MR) is 54.2 cm³/mol. The van der Waals surface area contributed by atoms with Crippen LogP contribution in [0.1, 0.15) is 0 Å². The van der Waals surface area contributed by atoms with Crippen LogP contribution in [0.2, 0.25) is 0 Å². The largest absolute Gasteiger partial charge is 0.395 e. The molecule has 0 saturated carbocycles. The number of hydrogen-bond acceptors (Lipinski definition) is 5. The molecule has 1 aromatic rings. The number of nitrogens with one attached hydrogen (secondary N) is 1. The fourth-order valence-corrected chi connectivity index (χ4v) is 1.20. The summed E-state index contributed by atoms with van der Waals surface area (Å²) in [4.78, 5) is 13.9. The quantitative estimate of drug-likeness (QED) is 0.627. The Labute approximate surface area is 88.2 Å². The first-order valence-electron chi connectivity index (χ1n) is 3.80. The van der Waals surface area contributed by atoms with Crippen LogP contribution in [0.15, 0.2) is 16.7 Å². The average molecular weight is 262 g/mol. The Hall–Kier alpha value is -1.21. The van der Waals surface area contributed by atoms with E-state index in [0.29, 0.717) is 4.47 Å². The standard InChI is InChI=1S/C7H8BrN3O3/c8-5-3-6(11(13)14)7(10-4-5)9-1-2-12/h3-4,12H,1-2H2,(H,9,10). The minimum Gasteiger partial charge on any atom is -0.395 e. The monoisotopic (exact) mass is 261 g/mol. The summed E-state index contributed by atoms with van der Waals surface area (Å²) in [5, 5.41) is 21.8. The molecule has 0 fully saturated rings. The molecule has 2 N–H and O–H groups in total. The van der Waals surface area contributed by atoms with Crippen molar-refractivity contribution < 1.29 is 10.0 Å². The molecule has 14 heavy (non-hydrogen) atoms. The first-order valence-corrected chi connectivity index (χ1v) is 4.59. The van der Waals surface area contributed by atoms with Crippen molar-refractivity contribution in [1.82, 2.24) is 4.98 Å². The molecule has 0 radical (unpaired) electrons. The summed E-state index contributed by atoms with van der Waals surface area (Å²) in [5.74, 6) is 0.159. The number of anilines is 1. The molecule has 1 rings (SSSR count). The summed E-state index contributed by atoms with van der Waals surface area (Å²) in [6.07, 6.45) is 1.45. The summed E-state index contributed by atoms with van der Waals surface area (Å²) in [6, 6.07) is 1.35. The Kier molecular flexibility index (Phi) is 3.78. The van der Waals surface area contributed by atoms with Crippen molar-refractivity contribution >= 4 is 27.4 Å². The van der Waals surface area contributed by atoms with Gasteiger partial charge in [0.1, 0.15) is 0 Å². The van der Waals surface area contributed by atoms with Crippen molar-refractivity contribution in [3.63, 3.8) is 0 Å². The van der Waals surface area contributed by atoms with Gasteiger partial charge in [0.15, 0.2) is 0 Å². The van der Waals surface area contributed by atoms with Gasteiger partial charge in [-0.3, -0.25) is 10.1 Å². The molecule has 0 aliphatic rings. The summed E-state index contributed by atoms with van der Waals surface area (Å²) in [6.45, 7) is 0.129. The van der Waals surface area contributed by atoms with Gasteiger partial charge in [-0.25, -0.2) is 4.98 Å². The third-order valence-corrected chi connectivity index (χ3v) is 1.87. The lowest BCUT2D eigenvalue weighted by molar-refractivity contribution is -0.384. The highest BCUT2D eigenvalue weighted by atomic mass is 79.9. The molecule has 0 spiro atoms. The third-order valence-electron chi connectivity index (χ3n) is 1.44. The number of rotatable bonds is 4. The maximum absolute atomic E-state index is 10.6. The number of nitrogens with zero attached hydrogens (tertiary/aromatic N) is 2. The van der Waals surface area contributed by atoms with E-state index in [1.165, 1.54) is 12.3 Å². The van der Waals surface area contributed by atoms with Crippen LogP contribution in [0.5, 0.6) is 0 Å². The number of hydrogen-bond donors (Lipinski definition) is 2. The maximum atomic E-state index is 10.6. The van der Waals surface area contributed by atoms with Crippen LogP contribution in [0.25, 0.3) is 0 Å². The zero-order valence-corrected chi connectivity index (χ0v) is 8.69. The lowest BCUT2D eigenvalue weighted by atomic mass is 10.4. The van der Waals surface area contributed by atoms with Crippen molar-refractivity contribution in [2.24, 2.45) is 0 Å². The van der Waals surface area contributed by atoms with Gasteiger partial charge in [-0.05, 0) is 15.9 Å². The van der Waals surface area contributed by atoms with E-state index < -0.39 is 4.92 Å². The smallest absolute Gasteiger partial charge is 0.312 e. The van der Waals surface area contributed by atoms with Crippen molar-refractivity contribution in [2.45, 2.75) is 0 Å². The maximum Gasteiger partial charge on any atom is 0.312 e. The molecule has 0 unspecified atom stereocenters. The molecule has 0 bridgehead atoms. The summed E-state index contributed by atoms with van der Waals surface area (Å²) in [7, 11) is 0. The molecular formula is C7H8BrN3O3. The van der Waals surface area contributed by atoms with E-state index in [2.05, 4.69) is 26.2 Å². The highest BCUT2D eigenvalue weighted by Crippen LogP contribution is 2.24. The Bertz CT molecular complexity index is 345. The van der Waals surface area contributed by atoms with Crippen molar-refractivity contribution in [3.8, 4) is 0 Å². The van der Waals surface area contributed by atoms with Gasteiger partial charge in [-0.1, -0.05) is 0 Å². The van der Waals surface area contributed by atoms with Crippen LogP contribution in [0, 0.1) is 10.1 Å². The van der Waals surface area contributed by atoms with Crippen molar-refractivity contribution in [1.29, 1.82) is 0 Å². The third kappa shape index (κ3) is 2.64. The summed E-state index contributed by atoms with van der Waals surface area (Å²) < 4.78 is 0.541. The molecule has 1 heterocycles. The lowest BCUT2D eigenvalue weighted by Crippen LogP contribution is -2.08. The topological polar surface area (TPSA) is 88.3 Å². The number of nitro groups is 1. The van der Waals surface area contributed by atoms with Gasteiger partial charge in [-0.15, -0.1) is 0 Å². The number of halogens is 1. The number of aliphatic hydroxyl groups excluding tert-OH is 1. The van der Waals surface area contributed by atoms with E-state index in [1.807, 2.05) is 0 Å². The van der Waals surface area contributed by atoms with E-state index in [0.717, 1.165) is 0 Å². The Morgan fingerprint density at radius 3 is 3.00 bits per heavy atom. The van der Waals surface area contributed by atoms with Crippen LogP contribution < -0.4 is 5.32 Å². The van der Waals surface area contributed by atoms with E-state index in [1.54, 1.807) is 0 Å². The molecule has 7 heteroatoms. The molecule has 0 saturated heterocycles. The molecule has 1 aromatic heterocycles. The van der Waals surface area contributed by atoms with Gasteiger partial charge < -0.3 is 10.4 Å². The molecule has 6 nitrogen and oxygen atoms in total. The summed E-state index contributed by atoms with van der Waals surface area (Å²) in [5.41, 5.74) is -0.118. The van der Waals surface area contributed by atoms with Crippen molar-refractivity contribution in [2.75, 3.05) is 18.5 Å². The Balaban J connectivity index is 2.96. The van der Waals surface area contributed by atoms with Gasteiger partial charge >= 0.3 is 5.69 Å². The van der Waals surface area contributed by atoms with Gasteiger partial charge in [0, 0.05) is 23.3 Å². The second-order valence-corrected chi connectivity index (χ2v) is 3.34. The average Bonchev–Trinajstić information content (AvgIpc) is 2.15. The first-order chi connectivity index (χ1) is 6.65. The highest BCUT2D eigenvalue weighted by Gasteiger charge is 2.14.